The van der Waals surface area contributed by atoms with Gasteiger partial charge in [-0.2, -0.15) is 0 Å². The van der Waals surface area contributed by atoms with Crippen LogP contribution in [0.4, 0.5) is 17.1 Å². The molecule has 2 aromatic carbocycles. The van der Waals surface area contributed by atoms with Gasteiger partial charge in [-0.3, -0.25) is 0 Å². The monoisotopic (exact) mass is 363 g/mol. The second-order valence-electron chi connectivity index (χ2n) is 8.91. The number of nitrogen functional groups attached to an aromatic ring is 1. The molecule has 2 aromatic rings. The van der Waals surface area contributed by atoms with Gasteiger partial charge in [-0.1, -0.05) is 31.9 Å². The van der Waals surface area contributed by atoms with Crippen LogP contribution in [0.1, 0.15) is 50.2 Å². The van der Waals surface area contributed by atoms with Crippen molar-refractivity contribution in [2.75, 3.05) is 17.6 Å². The Morgan fingerprint density at radius 1 is 1.11 bits per heavy atom. The molecule has 5 N–H and O–H groups in total. The van der Waals surface area contributed by atoms with Gasteiger partial charge in [0.2, 0.25) is 0 Å². The first kappa shape index (κ1) is 16.9. The van der Waals surface area contributed by atoms with E-state index in [9.17, 15) is 5.11 Å². The van der Waals surface area contributed by atoms with E-state index in [0.29, 0.717) is 22.9 Å². The molecule has 0 spiro atoms. The van der Waals surface area contributed by atoms with Gasteiger partial charge in [-0.25, -0.2) is 0 Å². The molecule has 2 fully saturated rings. The van der Waals surface area contributed by atoms with Gasteiger partial charge in [0.1, 0.15) is 5.75 Å². The van der Waals surface area contributed by atoms with Gasteiger partial charge in [0.25, 0.3) is 0 Å². The Kier molecular flexibility index (Phi) is 3.70. The molecule has 1 saturated heterocycles. The maximum atomic E-state index is 10.9. The van der Waals surface area contributed by atoms with Crippen LogP contribution in [0.3, 0.4) is 0 Å². The zero-order valence-corrected chi connectivity index (χ0v) is 16.0. The third kappa shape index (κ3) is 2.32. The molecule has 1 saturated carbocycles. The first-order valence-electron chi connectivity index (χ1n) is 10.2. The average molecular weight is 364 g/mol. The predicted molar refractivity (Wildman–Crippen MR) is 111 cm³/mol. The third-order valence-electron chi connectivity index (χ3n) is 7.75. The first-order valence-corrected chi connectivity index (χ1v) is 10.2. The van der Waals surface area contributed by atoms with Crippen LogP contribution in [0.15, 0.2) is 36.4 Å². The Morgan fingerprint density at radius 2 is 1.93 bits per heavy atom. The van der Waals surface area contributed by atoms with Crippen molar-refractivity contribution in [1.82, 2.24) is 5.32 Å². The van der Waals surface area contributed by atoms with Gasteiger partial charge in [0, 0.05) is 11.5 Å². The lowest BCUT2D eigenvalue weighted by Crippen LogP contribution is -2.65. The van der Waals surface area contributed by atoms with E-state index in [1.54, 1.807) is 0 Å². The molecular weight excluding hydrogens is 334 g/mol. The van der Waals surface area contributed by atoms with Crippen molar-refractivity contribution < 1.29 is 5.11 Å². The number of phenolic OH excluding ortho intramolecular Hbond substituents is 1. The van der Waals surface area contributed by atoms with E-state index < -0.39 is 0 Å². The summed E-state index contributed by atoms with van der Waals surface area (Å²) in [5.74, 6) is 0.330. The van der Waals surface area contributed by atoms with Crippen molar-refractivity contribution in [2.45, 2.75) is 56.9 Å². The quantitative estimate of drug-likeness (QED) is 0.470. The summed E-state index contributed by atoms with van der Waals surface area (Å²) in [7, 11) is 0. The van der Waals surface area contributed by atoms with Gasteiger partial charge in [0.05, 0.1) is 17.1 Å². The zero-order valence-electron chi connectivity index (χ0n) is 16.0. The standard InChI is InChI=1S/C23H29N3O/c1-22-8-4-5-9-23(22)10-11-25-21(22)13-15-12-19(20(27)14-16(15)23)26-18-7-3-2-6-17(18)24/h2-3,6-7,12,14,21,25-27H,4-5,8-11,13,24H2,1H3/t21-,22+,23+/m0/s1. The number of phenols is 1. The van der Waals surface area contributed by atoms with Crippen LogP contribution in [0.2, 0.25) is 0 Å². The highest BCUT2D eigenvalue weighted by molar-refractivity contribution is 5.76. The lowest BCUT2D eigenvalue weighted by atomic mass is 9.45. The zero-order chi connectivity index (χ0) is 18.6. The number of nitrogens with two attached hydrogens (primary N) is 1. The van der Waals surface area contributed by atoms with Crippen molar-refractivity contribution in [3.05, 3.63) is 47.5 Å². The minimum atomic E-state index is 0.205. The van der Waals surface area contributed by atoms with Gasteiger partial charge < -0.3 is 21.5 Å². The summed E-state index contributed by atoms with van der Waals surface area (Å²) in [6.07, 6.45) is 7.35. The summed E-state index contributed by atoms with van der Waals surface area (Å²) in [4.78, 5) is 0. The van der Waals surface area contributed by atoms with Crippen LogP contribution in [0, 0.1) is 5.41 Å². The summed E-state index contributed by atoms with van der Waals surface area (Å²) in [6.45, 7) is 3.57. The van der Waals surface area contributed by atoms with Gasteiger partial charge >= 0.3 is 0 Å². The molecule has 1 aliphatic heterocycles. The van der Waals surface area contributed by atoms with Crippen LogP contribution in [0.5, 0.6) is 5.75 Å². The molecule has 0 amide bonds. The number of hydrogen-bond acceptors (Lipinski definition) is 4. The average Bonchev–Trinajstić information content (AvgIpc) is 2.65. The maximum absolute atomic E-state index is 10.9. The van der Waals surface area contributed by atoms with E-state index in [4.69, 9.17) is 5.73 Å². The maximum Gasteiger partial charge on any atom is 0.139 e. The number of nitrogens with one attached hydrogen (secondary N) is 2. The number of fused-ring (bicyclic) bond motifs is 1. The van der Waals surface area contributed by atoms with E-state index in [1.165, 1.54) is 43.2 Å². The van der Waals surface area contributed by atoms with Crippen LogP contribution in [0.25, 0.3) is 0 Å². The van der Waals surface area contributed by atoms with Gasteiger partial charge in [0.15, 0.2) is 0 Å². The second-order valence-corrected chi connectivity index (χ2v) is 8.91. The Bertz CT molecular complexity index is 891. The largest absolute Gasteiger partial charge is 0.506 e. The number of rotatable bonds is 2. The predicted octanol–water partition coefficient (Wildman–Crippen LogP) is 4.45. The summed E-state index contributed by atoms with van der Waals surface area (Å²) in [5, 5.41) is 18.0. The molecular formula is C23H29N3O. The fourth-order valence-corrected chi connectivity index (χ4v) is 6.25. The molecule has 0 radical (unpaired) electrons. The Hall–Kier alpha value is -2.20. The van der Waals surface area contributed by atoms with Crippen molar-refractivity contribution in [3.8, 4) is 5.75 Å². The summed E-state index contributed by atoms with van der Waals surface area (Å²) in [5.41, 5.74) is 11.6. The highest BCUT2D eigenvalue weighted by Crippen LogP contribution is 2.61. The number of hydrogen-bond donors (Lipinski definition) is 4. The van der Waals surface area contributed by atoms with Gasteiger partial charge in [-0.05, 0) is 73.0 Å². The SMILES string of the molecule is C[C@]12CCCC[C@]13CCN[C@H]2Cc1cc(Nc2ccccc2N)c(O)cc13. The van der Waals surface area contributed by atoms with E-state index >= 15 is 0 Å². The molecule has 4 nitrogen and oxygen atoms in total. The minimum absolute atomic E-state index is 0.205. The molecule has 4 heteroatoms. The van der Waals surface area contributed by atoms with Crippen molar-refractivity contribution in [1.29, 1.82) is 0 Å². The molecule has 3 atom stereocenters. The number of anilines is 3. The van der Waals surface area contributed by atoms with Crippen LogP contribution in [-0.2, 0) is 11.8 Å². The molecule has 142 valence electrons. The van der Waals surface area contributed by atoms with Crippen LogP contribution < -0.4 is 16.4 Å². The summed E-state index contributed by atoms with van der Waals surface area (Å²) >= 11 is 0. The Labute approximate surface area is 161 Å². The van der Waals surface area contributed by atoms with Crippen LogP contribution >= 0.6 is 0 Å². The number of benzene rings is 2. The van der Waals surface area contributed by atoms with Crippen molar-refractivity contribution in [2.24, 2.45) is 5.41 Å². The van der Waals surface area contributed by atoms with Gasteiger partial charge in [-0.15, -0.1) is 0 Å². The lowest BCUT2D eigenvalue weighted by molar-refractivity contribution is -0.0141. The van der Waals surface area contributed by atoms with E-state index in [2.05, 4.69) is 29.7 Å². The number of aromatic hydroxyl groups is 1. The fourth-order valence-electron chi connectivity index (χ4n) is 6.25. The molecule has 2 bridgehead atoms. The lowest BCUT2D eigenvalue weighted by Gasteiger charge is -2.63. The first-order chi connectivity index (χ1) is 13.0. The van der Waals surface area contributed by atoms with E-state index in [1.807, 2.05) is 24.3 Å². The molecule has 2 aliphatic carbocycles. The molecule has 5 rings (SSSR count). The summed E-state index contributed by atoms with van der Waals surface area (Å²) in [6, 6.07) is 12.4. The molecule has 0 aromatic heterocycles. The Morgan fingerprint density at radius 3 is 2.78 bits per heavy atom. The summed E-state index contributed by atoms with van der Waals surface area (Å²) < 4.78 is 0. The smallest absolute Gasteiger partial charge is 0.139 e. The Balaban J connectivity index is 1.60. The molecule has 3 aliphatic rings. The highest BCUT2D eigenvalue weighted by Gasteiger charge is 2.59. The normalized spacial score (nSPS) is 31.7. The fraction of sp³-hybridized carbons (Fsp3) is 0.478. The number of para-hydroxylation sites is 2. The second kappa shape index (κ2) is 5.90. The highest BCUT2D eigenvalue weighted by atomic mass is 16.3. The minimum Gasteiger partial charge on any atom is -0.506 e. The van der Waals surface area contributed by atoms with Crippen molar-refractivity contribution in [3.63, 3.8) is 0 Å². The molecule has 27 heavy (non-hydrogen) atoms. The molecule has 0 unspecified atom stereocenters. The van der Waals surface area contributed by atoms with Crippen molar-refractivity contribution >= 4 is 17.1 Å². The van der Waals surface area contributed by atoms with Crippen LogP contribution in [-0.4, -0.2) is 17.7 Å². The van der Waals surface area contributed by atoms with E-state index in [0.717, 1.165) is 24.3 Å². The third-order valence-corrected chi connectivity index (χ3v) is 7.75. The van der Waals surface area contributed by atoms with E-state index in [-0.39, 0.29) is 5.41 Å². The molecule has 1 heterocycles. The topological polar surface area (TPSA) is 70.3 Å². The number of piperidine rings is 1.